The van der Waals surface area contributed by atoms with Crippen molar-refractivity contribution in [1.29, 1.82) is 0 Å². The molecule has 1 N–H and O–H groups in total. The molecule has 0 saturated heterocycles. The summed E-state index contributed by atoms with van der Waals surface area (Å²) < 4.78 is 10.3. The zero-order chi connectivity index (χ0) is 12.6. The van der Waals surface area contributed by atoms with Crippen molar-refractivity contribution in [3.05, 3.63) is 21.4 Å². The normalized spacial score (nSPS) is 14.1. The van der Waals surface area contributed by atoms with E-state index in [1.54, 1.807) is 17.6 Å². The van der Waals surface area contributed by atoms with Crippen LogP contribution in [0, 0.1) is 0 Å². The molecule has 0 fully saturated rings. The van der Waals surface area contributed by atoms with Gasteiger partial charge in [0.2, 0.25) is 0 Å². The number of hydrogen-bond donors (Lipinski definition) is 1. The minimum Gasteiger partial charge on any atom is -0.382 e. The highest BCUT2D eigenvalue weighted by atomic mass is 32.1. The first-order valence-corrected chi connectivity index (χ1v) is 7.59. The fraction of sp³-hybridized carbons (Fsp3) is 0.714. The molecule has 0 atom stereocenters. The Hall–Kier alpha value is -0.420. The van der Waals surface area contributed by atoms with Crippen molar-refractivity contribution in [2.45, 2.75) is 32.2 Å². The number of thiophene rings is 1. The van der Waals surface area contributed by atoms with Gasteiger partial charge in [0.25, 0.3) is 0 Å². The fourth-order valence-corrected chi connectivity index (χ4v) is 3.46. The molecule has 1 aliphatic carbocycles. The molecule has 18 heavy (non-hydrogen) atoms. The number of aryl methyl sites for hydroxylation is 2. The van der Waals surface area contributed by atoms with Crippen LogP contribution in [-0.2, 0) is 28.9 Å². The van der Waals surface area contributed by atoms with Crippen molar-refractivity contribution in [3.63, 3.8) is 0 Å². The van der Waals surface area contributed by atoms with E-state index in [1.165, 1.54) is 24.1 Å². The van der Waals surface area contributed by atoms with Gasteiger partial charge in [0, 0.05) is 30.0 Å². The molecule has 0 unspecified atom stereocenters. The molecule has 1 heterocycles. The minimum absolute atomic E-state index is 0.689. The Morgan fingerprint density at radius 3 is 3.06 bits per heavy atom. The summed E-state index contributed by atoms with van der Waals surface area (Å²) in [6.07, 6.45) is 5.01. The van der Waals surface area contributed by atoms with Crippen molar-refractivity contribution in [1.82, 2.24) is 5.32 Å². The van der Waals surface area contributed by atoms with Gasteiger partial charge in [-0.3, -0.25) is 0 Å². The van der Waals surface area contributed by atoms with E-state index >= 15 is 0 Å². The summed E-state index contributed by atoms with van der Waals surface area (Å²) in [5.74, 6) is 0. The van der Waals surface area contributed by atoms with Crippen LogP contribution in [0.15, 0.2) is 6.07 Å². The van der Waals surface area contributed by atoms with Crippen molar-refractivity contribution >= 4 is 11.3 Å². The number of rotatable bonds is 9. The molecule has 1 aromatic rings. The maximum Gasteiger partial charge on any atom is 0.0700 e. The van der Waals surface area contributed by atoms with Gasteiger partial charge in [-0.2, -0.15) is 0 Å². The highest BCUT2D eigenvalue weighted by molar-refractivity contribution is 7.12. The molecule has 0 aliphatic heterocycles. The van der Waals surface area contributed by atoms with Gasteiger partial charge >= 0.3 is 0 Å². The van der Waals surface area contributed by atoms with Gasteiger partial charge in [0.15, 0.2) is 0 Å². The van der Waals surface area contributed by atoms with E-state index in [2.05, 4.69) is 11.4 Å². The van der Waals surface area contributed by atoms with E-state index in [4.69, 9.17) is 9.47 Å². The monoisotopic (exact) mass is 269 g/mol. The summed E-state index contributed by atoms with van der Waals surface area (Å²) in [6, 6.07) is 2.38. The lowest BCUT2D eigenvalue weighted by molar-refractivity contribution is 0.0695. The van der Waals surface area contributed by atoms with Crippen LogP contribution in [0.25, 0.3) is 0 Å². The highest BCUT2D eigenvalue weighted by Gasteiger charge is 2.14. The molecule has 3 nitrogen and oxygen atoms in total. The molecule has 102 valence electrons. The largest absolute Gasteiger partial charge is 0.382 e. The van der Waals surface area contributed by atoms with Crippen LogP contribution < -0.4 is 5.32 Å². The third-order valence-electron chi connectivity index (χ3n) is 3.17. The lowest BCUT2D eigenvalue weighted by atomic mass is 10.2. The second kappa shape index (κ2) is 7.89. The predicted octanol–water partition coefficient (Wildman–Crippen LogP) is 2.38. The van der Waals surface area contributed by atoms with Crippen molar-refractivity contribution in [2.75, 3.05) is 33.5 Å². The summed E-state index contributed by atoms with van der Waals surface area (Å²) >= 11 is 1.99. The molecule has 0 amide bonds. The Morgan fingerprint density at radius 2 is 2.22 bits per heavy atom. The molecule has 0 saturated carbocycles. The fourth-order valence-electron chi connectivity index (χ4n) is 2.23. The van der Waals surface area contributed by atoms with E-state index in [1.807, 2.05) is 11.3 Å². The second-order valence-corrected chi connectivity index (χ2v) is 5.87. The SMILES string of the molecule is COCCOCCCNCc1cc2c(s1)CCC2. The molecule has 0 radical (unpaired) electrons. The first kappa shape index (κ1) is 14.0. The van der Waals surface area contributed by atoms with E-state index in [0.717, 1.165) is 26.1 Å². The maximum absolute atomic E-state index is 5.41. The second-order valence-electron chi connectivity index (χ2n) is 4.65. The minimum atomic E-state index is 0.689. The van der Waals surface area contributed by atoms with E-state index in [0.29, 0.717) is 13.2 Å². The average Bonchev–Trinajstić information content (AvgIpc) is 2.93. The van der Waals surface area contributed by atoms with Crippen LogP contribution in [0.2, 0.25) is 0 Å². The van der Waals surface area contributed by atoms with E-state index < -0.39 is 0 Å². The first-order chi connectivity index (χ1) is 8.90. The van der Waals surface area contributed by atoms with Gasteiger partial charge in [-0.1, -0.05) is 0 Å². The Labute approximate surface area is 113 Å². The topological polar surface area (TPSA) is 30.5 Å². The van der Waals surface area contributed by atoms with Gasteiger partial charge in [0.05, 0.1) is 13.2 Å². The predicted molar refractivity (Wildman–Crippen MR) is 75.4 cm³/mol. The Balaban J connectivity index is 1.50. The number of methoxy groups -OCH3 is 1. The third-order valence-corrected chi connectivity index (χ3v) is 4.41. The van der Waals surface area contributed by atoms with Gasteiger partial charge < -0.3 is 14.8 Å². The highest BCUT2D eigenvalue weighted by Crippen LogP contribution is 2.30. The molecular formula is C14H23NO2S. The molecule has 0 aromatic carbocycles. The average molecular weight is 269 g/mol. The van der Waals surface area contributed by atoms with Crippen LogP contribution in [-0.4, -0.2) is 33.5 Å². The zero-order valence-corrected chi connectivity index (χ0v) is 12.0. The number of hydrogen-bond acceptors (Lipinski definition) is 4. The summed E-state index contributed by atoms with van der Waals surface area (Å²) in [5, 5.41) is 3.48. The molecule has 4 heteroatoms. The van der Waals surface area contributed by atoms with E-state index in [-0.39, 0.29) is 0 Å². The smallest absolute Gasteiger partial charge is 0.0700 e. The first-order valence-electron chi connectivity index (χ1n) is 6.78. The quantitative estimate of drug-likeness (QED) is 0.698. The van der Waals surface area contributed by atoms with Crippen molar-refractivity contribution < 1.29 is 9.47 Å². The number of nitrogens with one attached hydrogen (secondary N) is 1. The number of ether oxygens (including phenoxy) is 2. The van der Waals surface area contributed by atoms with Crippen LogP contribution in [0.4, 0.5) is 0 Å². The van der Waals surface area contributed by atoms with E-state index in [9.17, 15) is 0 Å². The summed E-state index contributed by atoms with van der Waals surface area (Å²) in [4.78, 5) is 3.11. The Kier molecular flexibility index (Phi) is 6.14. The van der Waals surface area contributed by atoms with Crippen LogP contribution >= 0.6 is 11.3 Å². The summed E-state index contributed by atoms with van der Waals surface area (Å²) in [6.45, 7) is 4.24. The van der Waals surface area contributed by atoms with Gasteiger partial charge in [0.1, 0.15) is 0 Å². The Bertz CT molecular complexity index is 330. The summed E-state index contributed by atoms with van der Waals surface area (Å²) in [7, 11) is 1.70. The molecule has 0 bridgehead atoms. The lowest BCUT2D eigenvalue weighted by Crippen LogP contribution is -2.16. The molecule has 2 rings (SSSR count). The molecule has 0 spiro atoms. The van der Waals surface area contributed by atoms with Gasteiger partial charge in [-0.05, 0) is 43.9 Å². The van der Waals surface area contributed by atoms with Crippen LogP contribution in [0.5, 0.6) is 0 Å². The van der Waals surface area contributed by atoms with Crippen LogP contribution in [0.1, 0.15) is 28.2 Å². The molecule has 1 aliphatic rings. The number of fused-ring (bicyclic) bond motifs is 1. The van der Waals surface area contributed by atoms with Gasteiger partial charge in [-0.25, -0.2) is 0 Å². The molecule has 1 aromatic heterocycles. The lowest BCUT2D eigenvalue weighted by Gasteiger charge is -2.04. The van der Waals surface area contributed by atoms with Crippen LogP contribution in [0.3, 0.4) is 0 Å². The third kappa shape index (κ3) is 4.35. The zero-order valence-electron chi connectivity index (χ0n) is 11.2. The van der Waals surface area contributed by atoms with Gasteiger partial charge in [-0.15, -0.1) is 11.3 Å². The summed E-state index contributed by atoms with van der Waals surface area (Å²) in [5.41, 5.74) is 1.60. The van der Waals surface area contributed by atoms with Crippen molar-refractivity contribution in [3.8, 4) is 0 Å². The van der Waals surface area contributed by atoms with Crippen molar-refractivity contribution in [2.24, 2.45) is 0 Å². The standard InChI is InChI=1S/C14H23NO2S/c1-16-8-9-17-7-3-6-15-11-13-10-12-4-2-5-14(12)18-13/h10,15H,2-9,11H2,1H3. The Morgan fingerprint density at radius 1 is 1.28 bits per heavy atom. The maximum atomic E-state index is 5.41. The molecular weight excluding hydrogens is 246 g/mol.